The van der Waals surface area contributed by atoms with Crippen LogP contribution in [0.25, 0.3) is 6.08 Å². The molecule has 2 aliphatic rings. The number of carbonyl (C=O) groups is 1. The molecule has 0 unspecified atom stereocenters. The summed E-state index contributed by atoms with van der Waals surface area (Å²) in [5.41, 5.74) is 2.72. The number of ketones is 1. The summed E-state index contributed by atoms with van der Waals surface area (Å²) in [5.74, 6) is 2.93. The highest BCUT2D eigenvalue weighted by Crippen LogP contribution is 2.42. The number of Topliss-reactive ketones (excluding diaryl/α,β-unsaturated/α-hetero) is 1. The second-order valence-electron chi connectivity index (χ2n) is 7.97. The number of carbonyl (C=O) groups excluding carboxylic acids is 1. The van der Waals surface area contributed by atoms with Crippen LogP contribution in [0.2, 0.25) is 5.02 Å². The predicted molar refractivity (Wildman–Crippen MR) is 132 cm³/mol. The molecule has 0 amide bonds. The quantitative estimate of drug-likeness (QED) is 0.389. The lowest BCUT2D eigenvalue weighted by molar-refractivity contribution is -0.0175. The first kappa shape index (κ1) is 23.8. The molecule has 36 heavy (non-hydrogen) atoms. The van der Waals surface area contributed by atoms with E-state index in [1.807, 2.05) is 6.07 Å². The van der Waals surface area contributed by atoms with Crippen LogP contribution in [0, 0.1) is 0 Å². The fourth-order valence-corrected chi connectivity index (χ4v) is 4.42. The summed E-state index contributed by atoms with van der Waals surface area (Å²) in [6.45, 7) is 0.829. The van der Waals surface area contributed by atoms with Crippen LogP contribution in [0.1, 0.15) is 27.0 Å². The lowest BCUT2D eigenvalue weighted by atomic mass is 10.1. The van der Waals surface area contributed by atoms with Crippen LogP contribution < -0.4 is 28.4 Å². The van der Waals surface area contributed by atoms with Crippen molar-refractivity contribution in [1.82, 2.24) is 0 Å². The smallest absolute Gasteiger partial charge is 0.231 e. The summed E-state index contributed by atoms with van der Waals surface area (Å²) in [5, 5.41) is 0.574. The number of rotatable bonds is 7. The van der Waals surface area contributed by atoms with Crippen molar-refractivity contribution in [2.24, 2.45) is 0 Å². The third-order valence-corrected chi connectivity index (χ3v) is 6.03. The lowest BCUT2D eigenvalue weighted by Crippen LogP contribution is -2.14. The lowest BCUT2D eigenvalue weighted by Gasteiger charge is -2.21. The molecule has 0 bridgehead atoms. The Morgan fingerprint density at radius 3 is 2.61 bits per heavy atom. The van der Waals surface area contributed by atoms with Crippen molar-refractivity contribution >= 4 is 23.5 Å². The largest absolute Gasteiger partial charge is 0.493 e. The molecule has 0 aliphatic carbocycles. The summed E-state index contributed by atoms with van der Waals surface area (Å²) in [6.07, 6.45) is 1.61. The van der Waals surface area contributed by atoms with Crippen LogP contribution in [-0.4, -0.2) is 33.9 Å². The average molecular weight is 511 g/mol. The molecule has 3 aromatic carbocycles. The van der Waals surface area contributed by atoms with Gasteiger partial charge in [-0.1, -0.05) is 11.6 Å². The second kappa shape index (κ2) is 10.0. The Balaban J connectivity index is 1.37. The Morgan fingerprint density at radius 1 is 1.00 bits per heavy atom. The summed E-state index contributed by atoms with van der Waals surface area (Å²) in [7, 11) is 4.58. The van der Waals surface area contributed by atoms with E-state index in [2.05, 4.69) is 0 Å². The molecule has 0 spiro atoms. The molecule has 3 aromatic rings. The maximum atomic E-state index is 13.0. The van der Waals surface area contributed by atoms with E-state index in [0.717, 1.165) is 11.1 Å². The number of hydrogen-bond donors (Lipinski definition) is 0. The van der Waals surface area contributed by atoms with Gasteiger partial charge in [0.1, 0.15) is 23.9 Å². The van der Waals surface area contributed by atoms with Gasteiger partial charge in [0, 0.05) is 27.8 Å². The fraction of sp³-hybridized carbons (Fsp3) is 0.222. The maximum absolute atomic E-state index is 13.0. The van der Waals surface area contributed by atoms with Crippen molar-refractivity contribution in [3.8, 4) is 34.5 Å². The summed E-state index contributed by atoms with van der Waals surface area (Å²) >= 11 is 6.24. The molecule has 0 saturated heterocycles. The van der Waals surface area contributed by atoms with E-state index in [4.69, 9.17) is 44.8 Å². The van der Waals surface area contributed by atoms with Gasteiger partial charge in [-0.05, 0) is 42.5 Å². The first-order chi connectivity index (χ1) is 17.5. The summed E-state index contributed by atoms with van der Waals surface area (Å²) in [6, 6.07) is 12.2. The summed E-state index contributed by atoms with van der Waals surface area (Å²) < 4.78 is 39.1. The van der Waals surface area contributed by atoms with Gasteiger partial charge in [-0.25, -0.2) is 0 Å². The minimum atomic E-state index is -0.245. The topological polar surface area (TPSA) is 81.7 Å². The third-order valence-electron chi connectivity index (χ3n) is 5.81. The fourth-order valence-electron chi connectivity index (χ4n) is 4.16. The Bertz CT molecular complexity index is 1360. The van der Waals surface area contributed by atoms with E-state index < -0.39 is 0 Å². The Morgan fingerprint density at radius 2 is 1.83 bits per heavy atom. The Kier molecular flexibility index (Phi) is 6.63. The normalized spacial score (nSPS) is 15.0. The van der Waals surface area contributed by atoms with E-state index in [0.29, 0.717) is 57.3 Å². The summed E-state index contributed by atoms with van der Waals surface area (Å²) in [4.78, 5) is 13.0. The Hall–Kier alpha value is -3.88. The number of ether oxygens (including phenoxy) is 7. The van der Waals surface area contributed by atoms with Gasteiger partial charge in [0.25, 0.3) is 0 Å². The maximum Gasteiger partial charge on any atom is 0.231 e. The monoisotopic (exact) mass is 510 g/mol. The van der Waals surface area contributed by atoms with Crippen molar-refractivity contribution in [3.63, 3.8) is 0 Å². The molecule has 8 nitrogen and oxygen atoms in total. The molecule has 2 heterocycles. The molecular weight excluding hydrogens is 488 g/mol. The third kappa shape index (κ3) is 4.41. The number of fused-ring (bicyclic) bond motifs is 2. The second-order valence-corrected chi connectivity index (χ2v) is 8.41. The highest BCUT2D eigenvalue weighted by atomic mass is 35.5. The average Bonchev–Trinajstić information content (AvgIpc) is 3.20. The zero-order valence-corrected chi connectivity index (χ0v) is 20.6. The van der Waals surface area contributed by atoms with Crippen molar-refractivity contribution in [1.29, 1.82) is 0 Å². The molecule has 0 fully saturated rings. The van der Waals surface area contributed by atoms with Crippen molar-refractivity contribution in [2.45, 2.75) is 13.2 Å². The molecular formula is C27H23ClO8. The van der Waals surface area contributed by atoms with Crippen molar-refractivity contribution in [3.05, 3.63) is 75.5 Å². The first-order valence-electron chi connectivity index (χ1n) is 11.0. The van der Waals surface area contributed by atoms with E-state index in [1.165, 1.54) is 21.3 Å². The molecule has 186 valence electrons. The minimum Gasteiger partial charge on any atom is -0.493 e. The molecule has 0 saturated carbocycles. The van der Waals surface area contributed by atoms with Crippen LogP contribution in [0.5, 0.6) is 34.5 Å². The Labute approximate surface area is 212 Å². The van der Waals surface area contributed by atoms with Crippen molar-refractivity contribution < 1.29 is 38.0 Å². The van der Waals surface area contributed by atoms with E-state index in [9.17, 15) is 4.79 Å². The van der Waals surface area contributed by atoms with E-state index >= 15 is 0 Å². The van der Waals surface area contributed by atoms with Crippen molar-refractivity contribution in [2.75, 3.05) is 28.1 Å². The number of allylic oxidation sites excluding steroid dienone is 1. The number of benzene rings is 3. The van der Waals surface area contributed by atoms with Crippen LogP contribution in [0.4, 0.5) is 0 Å². The highest BCUT2D eigenvalue weighted by Gasteiger charge is 2.29. The molecule has 5 rings (SSSR count). The number of methoxy groups -OCH3 is 3. The minimum absolute atomic E-state index is 0.157. The van der Waals surface area contributed by atoms with Crippen LogP contribution >= 0.6 is 11.6 Å². The van der Waals surface area contributed by atoms with Crippen LogP contribution in [0.15, 0.2) is 48.2 Å². The standard InChI is InChI=1S/C27H23ClO8/c1-30-21-7-4-15(26(31-2)27(21)32-3)10-23-24(29)20-6-5-19(11-22(20)36-23)34-13-17-9-18(28)8-16-12-33-14-35-25(16)17/h4-11H,12-14H2,1-3H3/b23-10-. The SMILES string of the molecule is COc1ccc(/C=C2\Oc3cc(OCc4cc(Cl)cc5c4OCOC5)ccc3C2=O)c(OC)c1OC. The molecule has 2 aliphatic heterocycles. The number of hydrogen-bond acceptors (Lipinski definition) is 8. The molecule has 9 heteroatoms. The van der Waals surface area contributed by atoms with Crippen LogP contribution in [-0.2, 0) is 18.0 Å². The van der Waals surface area contributed by atoms with Gasteiger partial charge in [0.15, 0.2) is 24.1 Å². The molecule has 0 radical (unpaired) electrons. The van der Waals surface area contributed by atoms with Gasteiger partial charge in [-0.15, -0.1) is 0 Å². The molecule has 0 aromatic heterocycles. The zero-order chi connectivity index (χ0) is 25.2. The molecule has 0 N–H and O–H groups in total. The van der Waals surface area contributed by atoms with E-state index in [-0.39, 0.29) is 24.9 Å². The predicted octanol–water partition coefficient (Wildman–Crippen LogP) is 5.43. The van der Waals surface area contributed by atoms with Gasteiger partial charge in [0.05, 0.1) is 33.5 Å². The van der Waals surface area contributed by atoms with Gasteiger partial charge < -0.3 is 33.2 Å². The highest BCUT2D eigenvalue weighted by molar-refractivity contribution is 6.30. The number of halogens is 1. The zero-order valence-electron chi connectivity index (χ0n) is 19.9. The van der Waals surface area contributed by atoms with Gasteiger partial charge in [-0.3, -0.25) is 4.79 Å². The van der Waals surface area contributed by atoms with Gasteiger partial charge in [-0.2, -0.15) is 0 Å². The van der Waals surface area contributed by atoms with Gasteiger partial charge in [0.2, 0.25) is 11.5 Å². The van der Waals surface area contributed by atoms with Crippen LogP contribution in [0.3, 0.4) is 0 Å². The van der Waals surface area contributed by atoms with Gasteiger partial charge >= 0.3 is 0 Å². The molecule has 0 atom stereocenters. The first-order valence-corrected chi connectivity index (χ1v) is 11.4. The van der Waals surface area contributed by atoms with E-state index in [1.54, 1.807) is 42.5 Å².